The topological polar surface area (TPSA) is 66.8 Å². The van der Waals surface area contributed by atoms with Crippen LogP contribution in [0.4, 0.5) is 0 Å². The zero-order valence-corrected chi connectivity index (χ0v) is 15.0. The molecule has 1 aromatic rings. The number of thioether (sulfide) groups is 1. The quantitative estimate of drug-likeness (QED) is 0.814. The molecule has 2 atom stereocenters. The van der Waals surface area contributed by atoms with Gasteiger partial charge in [0.2, 0.25) is 5.91 Å². The Morgan fingerprint density at radius 3 is 2.70 bits per heavy atom. The molecule has 2 aliphatic heterocycles. The Hall–Kier alpha value is -1.05. The number of hydrogen-bond acceptors (Lipinski definition) is 4. The van der Waals surface area contributed by atoms with Crippen LogP contribution < -0.4 is 0 Å². The molecule has 0 radical (unpaired) electrons. The average molecular weight is 373 g/mol. The molecule has 1 amide bonds. The Morgan fingerprint density at radius 1 is 1.35 bits per heavy atom. The van der Waals surface area contributed by atoms with Crippen molar-refractivity contribution in [3.05, 3.63) is 34.9 Å². The van der Waals surface area contributed by atoms with E-state index in [1.165, 1.54) is 11.8 Å². The normalized spacial score (nSPS) is 27.4. The van der Waals surface area contributed by atoms with Crippen molar-refractivity contribution in [2.75, 3.05) is 11.5 Å². The van der Waals surface area contributed by atoms with Gasteiger partial charge in [0.15, 0.2) is 15.0 Å². The molecule has 1 aromatic carbocycles. The van der Waals surface area contributed by atoms with E-state index >= 15 is 0 Å². The van der Waals surface area contributed by atoms with Crippen LogP contribution in [0.25, 0.3) is 0 Å². The second-order valence-electron chi connectivity index (χ2n) is 5.70. The van der Waals surface area contributed by atoms with Crippen LogP contribution in [0.1, 0.15) is 18.9 Å². The van der Waals surface area contributed by atoms with E-state index in [1.54, 1.807) is 19.1 Å². The van der Waals surface area contributed by atoms with Crippen LogP contribution in [0.3, 0.4) is 0 Å². The van der Waals surface area contributed by atoms with E-state index in [4.69, 9.17) is 11.6 Å². The van der Waals surface area contributed by atoms with Crippen LogP contribution in [0.2, 0.25) is 5.02 Å². The highest BCUT2D eigenvalue weighted by Gasteiger charge is 2.48. The molecule has 0 N–H and O–H groups in total. The Balaban J connectivity index is 1.88. The summed E-state index contributed by atoms with van der Waals surface area (Å²) in [5.74, 6) is 0.0903. The number of sulfone groups is 1. The molecule has 124 valence electrons. The molecular formula is C15H17ClN2O3S2. The summed E-state index contributed by atoms with van der Waals surface area (Å²) in [5, 5.41) is 1.24. The molecule has 2 heterocycles. The van der Waals surface area contributed by atoms with Crippen molar-refractivity contribution in [2.45, 2.75) is 31.2 Å². The predicted octanol–water partition coefficient (Wildman–Crippen LogP) is 2.35. The molecular weight excluding hydrogens is 356 g/mol. The van der Waals surface area contributed by atoms with Gasteiger partial charge in [-0.3, -0.25) is 4.79 Å². The largest absolute Gasteiger partial charge is 0.342 e. The van der Waals surface area contributed by atoms with E-state index in [-0.39, 0.29) is 28.7 Å². The molecule has 3 rings (SSSR count). The van der Waals surface area contributed by atoms with Crippen LogP contribution in [-0.2, 0) is 21.2 Å². The number of benzene rings is 1. The fraction of sp³-hybridized carbons (Fsp3) is 0.467. The Bertz CT molecular complexity index is 746. The summed E-state index contributed by atoms with van der Waals surface area (Å²) in [7, 11) is -3.02. The number of carbonyl (C=O) groups is 1. The lowest BCUT2D eigenvalue weighted by Gasteiger charge is -2.24. The number of carbonyl (C=O) groups excluding carboxylic acids is 1. The lowest BCUT2D eigenvalue weighted by molar-refractivity contribution is -0.117. The molecule has 2 aliphatic rings. The Labute approximate surface area is 145 Å². The molecule has 8 heteroatoms. The van der Waals surface area contributed by atoms with Gasteiger partial charge in [-0.15, -0.1) is 0 Å². The van der Waals surface area contributed by atoms with Crippen LogP contribution in [-0.4, -0.2) is 47.2 Å². The molecule has 23 heavy (non-hydrogen) atoms. The number of amidine groups is 1. The second kappa shape index (κ2) is 6.45. The molecule has 0 saturated carbocycles. The zero-order chi connectivity index (χ0) is 16.6. The van der Waals surface area contributed by atoms with Crippen molar-refractivity contribution < 1.29 is 13.2 Å². The number of rotatable bonds is 3. The number of nitrogens with zero attached hydrogens (tertiary/aromatic N) is 2. The minimum atomic E-state index is -3.02. The highest BCUT2D eigenvalue weighted by Crippen LogP contribution is 2.39. The molecule has 2 saturated heterocycles. The highest BCUT2D eigenvalue weighted by molar-refractivity contribution is 8.15. The third kappa shape index (κ3) is 3.72. The lowest BCUT2D eigenvalue weighted by Crippen LogP contribution is -2.37. The fourth-order valence-corrected chi connectivity index (χ4v) is 6.89. The molecule has 0 aliphatic carbocycles. The van der Waals surface area contributed by atoms with E-state index in [0.717, 1.165) is 5.56 Å². The van der Waals surface area contributed by atoms with Crippen molar-refractivity contribution >= 4 is 44.3 Å². The first kappa shape index (κ1) is 16.8. The molecule has 0 unspecified atom stereocenters. The molecule has 0 aromatic heterocycles. The van der Waals surface area contributed by atoms with Crippen LogP contribution in [0, 0.1) is 0 Å². The lowest BCUT2D eigenvalue weighted by atomic mass is 10.1. The van der Waals surface area contributed by atoms with E-state index < -0.39 is 9.84 Å². The predicted molar refractivity (Wildman–Crippen MR) is 93.5 cm³/mol. The van der Waals surface area contributed by atoms with Gasteiger partial charge in [0.25, 0.3) is 0 Å². The van der Waals surface area contributed by atoms with Gasteiger partial charge in [-0.25, -0.2) is 8.42 Å². The molecule has 2 fully saturated rings. The number of aliphatic imine (C=N–C) groups is 1. The number of hydrogen-bond donors (Lipinski definition) is 0. The first-order valence-electron chi connectivity index (χ1n) is 7.37. The summed E-state index contributed by atoms with van der Waals surface area (Å²) < 4.78 is 23.8. The smallest absolute Gasteiger partial charge is 0.247 e. The van der Waals surface area contributed by atoms with Gasteiger partial charge >= 0.3 is 0 Å². The van der Waals surface area contributed by atoms with Crippen LogP contribution in [0.15, 0.2) is 29.3 Å². The van der Waals surface area contributed by atoms with Crippen LogP contribution >= 0.6 is 23.4 Å². The van der Waals surface area contributed by atoms with Gasteiger partial charge < -0.3 is 4.90 Å². The van der Waals surface area contributed by atoms with Crippen molar-refractivity contribution in [3.8, 4) is 0 Å². The molecule has 0 spiro atoms. The summed E-state index contributed by atoms with van der Waals surface area (Å²) in [5.41, 5.74) is 1.01. The van der Waals surface area contributed by atoms with Crippen molar-refractivity contribution in [1.29, 1.82) is 0 Å². The van der Waals surface area contributed by atoms with Crippen molar-refractivity contribution in [1.82, 2.24) is 4.90 Å². The summed E-state index contributed by atoms with van der Waals surface area (Å²) >= 11 is 7.31. The van der Waals surface area contributed by atoms with E-state index in [1.807, 2.05) is 17.0 Å². The second-order valence-corrected chi connectivity index (χ2v) is 9.49. The third-order valence-electron chi connectivity index (χ3n) is 3.96. The maximum atomic E-state index is 11.9. The first-order chi connectivity index (χ1) is 10.9. The fourth-order valence-electron chi connectivity index (χ4n) is 2.79. The first-order valence-corrected chi connectivity index (χ1v) is 10.5. The number of amides is 1. The number of halogens is 1. The highest BCUT2D eigenvalue weighted by atomic mass is 35.5. The van der Waals surface area contributed by atoms with E-state index in [0.29, 0.717) is 23.2 Å². The Morgan fingerprint density at radius 2 is 2.04 bits per heavy atom. The molecule has 0 bridgehead atoms. The van der Waals surface area contributed by atoms with E-state index in [2.05, 4.69) is 4.99 Å². The van der Waals surface area contributed by atoms with E-state index in [9.17, 15) is 13.2 Å². The average Bonchev–Trinajstić information content (AvgIpc) is 2.94. The summed E-state index contributed by atoms with van der Waals surface area (Å²) in [6.07, 6.45) is 0.340. The van der Waals surface area contributed by atoms with Gasteiger partial charge in [-0.05, 0) is 17.7 Å². The van der Waals surface area contributed by atoms with Gasteiger partial charge in [-0.2, -0.15) is 4.99 Å². The summed E-state index contributed by atoms with van der Waals surface area (Å²) in [6, 6.07) is 7.30. The van der Waals surface area contributed by atoms with Crippen LogP contribution in [0.5, 0.6) is 0 Å². The standard InChI is InChI=1S/C15H17ClN2O3S2/c1-2-14(19)17-15-18(7-10-3-5-11(16)6-4-10)12-8-23(20,21)9-13(12)22-15/h3-6,12-13H,2,7-9H2,1H3/t12-,13-/m1/s1. The zero-order valence-electron chi connectivity index (χ0n) is 12.6. The molecule has 5 nitrogen and oxygen atoms in total. The van der Waals surface area contributed by atoms with Crippen molar-refractivity contribution in [2.24, 2.45) is 4.99 Å². The SMILES string of the molecule is CCC(=O)N=C1S[C@@H]2CS(=O)(=O)C[C@H]2N1Cc1ccc(Cl)cc1. The van der Waals surface area contributed by atoms with Gasteiger partial charge in [0, 0.05) is 23.2 Å². The maximum Gasteiger partial charge on any atom is 0.247 e. The number of fused-ring (bicyclic) bond motifs is 1. The van der Waals surface area contributed by atoms with Gasteiger partial charge in [0.05, 0.1) is 17.5 Å². The van der Waals surface area contributed by atoms with Gasteiger partial charge in [-0.1, -0.05) is 42.4 Å². The third-order valence-corrected chi connectivity index (χ3v) is 7.46. The Kier molecular flexibility index (Phi) is 4.71. The summed E-state index contributed by atoms with van der Waals surface area (Å²) in [4.78, 5) is 17.8. The minimum Gasteiger partial charge on any atom is -0.342 e. The minimum absolute atomic E-state index is 0.0456. The maximum absolute atomic E-state index is 11.9. The van der Waals surface area contributed by atoms with Gasteiger partial charge in [0.1, 0.15) is 0 Å². The van der Waals surface area contributed by atoms with Crippen molar-refractivity contribution in [3.63, 3.8) is 0 Å². The summed E-state index contributed by atoms with van der Waals surface area (Å²) in [6.45, 7) is 2.29. The monoisotopic (exact) mass is 372 g/mol.